The molecule has 0 spiro atoms. The first-order valence-corrected chi connectivity index (χ1v) is 7.00. The molecule has 1 saturated heterocycles. The highest BCUT2D eigenvalue weighted by atomic mass is 32.1. The van der Waals surface area contributed by atoms with E-state index in [2.05, 4.69) is 38.2 Å². The van der Waals surface area contributed by atoms with E-state index in [0.717, 1.165) is 6.42 Å². The molecule has 1 aromatic rings. The zero-order valence-electron chi connectivity index (χ0n) is 10.9. The molecule has 3 unspecified atom stereocenters. The standard InChI is InChI=1S/C13H20N2OS/c1-5-8(2)15-12(14-10(4)13(15)16)11-7-6-9(3)17-11/h6-8,10,12,14H,5H2,1-4H3. The molecule has 0 saturated carbocycles. The molecule has 17 heavy (non-hydrogen) atoms. The van der Waals surface area contributed by atoms with Crippen LogP contribution in [-0.2, 0) is 4.79 Å². The van der Waals surface area contributed by atoms with Crippen molar-refractivity contribution in [2.24, 2.45) is 0 Å². The number of rotatable bonds is 3. The smallest absolute Gasteiger partial charge is 0.241 e. The lowest BCUT2D eigenvalue weighted by Gasteiger charge is -2.29. The lowest BCUT2D eigenvalue weighted by atomic mass is 10.2. The van der Waals surface area contributed by atoms with Gasteiger partial charge in [-0.1, -0.05) is 6.92 Å². The van der Waals surface area contributed by atoms with Crippen LogP contribution in [0.3, 0.4) is 0 Å². The van der Waals surface area contributed by atoms with Crippen molar-refractivity contribution < 1.29 is 4.79 Å². The fourth-order valence-electron chi connectivity index (χ4n) is 2.23. The molecule has 2 rings (SSSR count). The fourth-order valence-corrected chi connectivity index (χ4v) is 3.16. The van der Waals surface area contributed by atoms with E-state index < -0.39 is 0 Å². The van der Waals surface area contributed by atoms with E-state index >= 15 is 0 Å². The second-order valence-electron chi connectivity index (χ2n) is 4.74. The number of nitrogens with one attached hydrogen (secondary N) is 1. The van der Waals surface area contributed by atoms with Crippen LogP contribution in [0.1, 0.15) is 43.1 Å². The second kappa shape index (κ2) is 4.78. The third-order valence-corrected chi connectivity index (χ3v) is 4.46. The van der Waals surface area contributed by atoms with Crippen molar-refractivity contribution in [3.8, 4) is 0 Å². The minimum atomic E-state index is -0.0728. The van der Waals surface area contributed by atoms with E-state index in [0.29, 0.717) is 0 Å². The van der Waals surface area contributed by atoms with E-state index in [-0.39, 0.29) is 24.2 Å². The molecular formula is C13H20N2OS. The molecule has 4 heteroatoms. The average Bonchev–Trinajstić information content (AvgIpc) is 2.84. The van der Waals surface area contributed by atoms with Crippen molar-refractivity contribution >= 4 is 17.2 Å². The minimum absolute atomic E-state index is 0.0612. The van der Waals surface area contributed by atoms with Gasteiger partial charge < -0.3 is 4.90 Å². The van der Waals surface area contributed by atoms with E-state index in [9.17, 15) is 4.79 Å². The van der Waals surface area contributed by atoms with E-state index in [1.54, 1.807) is 11.3 Å². The Morgan fingerprint density at radius 2 is 2.24 bits per heavy atom. The van der Waals surface area contributed by atoms with Crippen molar-refractivity contribution in [3.05, 3.63) is 21.9 Å². The molecule has 0 radical (unpaired) electrons. The van der Waals surface area contributed by atoms with Gasteiger partial charge in [0.05, 0.1) is 6.04 Å². The van der Waals surface area contributed by atoms with Gasteiger partial charge in [-0.15, -0.1) is 11.3 Å². The summed E-state index contributed by atoms with van der Waals surface area (Å²) in [5.74, 6) is 0.218. The van der Waals surface area contributed by atoms with Gasteiger partial charge in [-0.3, -0.25) is 10.1 Å². The van der Waals surface area contributed by atoms with Crippen LogP contribution >= 0.6 is 11.3 Å². The molecule has 94 valence electrons. The highest BCUT2D eigenvalue weighted by Gasteiger charge is 2.39. The molecule has 1 fully saturated rings. The maximum Gasteiger partial charge on any atom is 0.241 e. The van der Waals surface area contributed by atoms with Crippen LogP contribution in [-0.4, -0.2) is 22.9 Å². The number of nitrogens with zero attached hydrogens (tertiary/aromatic N) is 1. The molecule has 3 nitrogen and oxygen atoms in total. The van der Waals surface area contributed by atoms with E-state index in [1.165, 1.54) is 9.75 Å². The van der Waals surface area contributed by atoms with E-state index in [4.69, 9.17) is 0 Å². The number of hydrogen-bond acceptors (Lipinski definition) is 3. The maximum atomic E-state index is 12.2. The Morgan fingerprint density at radius 1 is 1.53 bits per heavy atom. The first kappa shape index (κ1) is 12.6. The largest absolute Gasteiger partial charge is 0.318 e. The van der Waals surface area contributed by atoms with Crippen molar-refractivity contribution in [3.63, 3.8) is 0 Å². The van der Waals surface area contributed by atoms with Crippen LogP contribution in [0, 0.1) is 6.92 Å². The summed E-state index contributed by atoms with van der Waals surface area (Å²) in [5, 5.41) is 3.39. The Kier molecular flexibility index (Phi) is 3.54. The van der Waals surface area contributed by atoms with Crippen LogP contribution in [0.4, 0.5) is 0 Å². The summed E-state index contributed by atoms with van der Waals surface area (Å²) >= 11 is 1.76. The summed E-state index contributed by atoms with van der Waals surface area (Å²) in [7, 11) is 0. The maximum absolute atomic E-state index is 12.2. The molecule has 1 aliphatic rings. The lowest BCUT2D eigenvalue weighted by molar-refractivity contribution is -0.131. The SMILES string of the molecule is CCC(C)N1C(=O)C(C)NC1c1ccc(C)s1. The molecule has 0 aromatic carbocycles. The number of amides is 1. The van der Waals surface area contributed by atoms with Gasteiger partial charge in [-0.05, 0) is 39.3 Å². The molecule has 1 amide bonds. The molecule has 0 bridgehead atoms. The molecule has 1 N–H and O–H groups in total. The Hall–Kier alpha value is -0.870. The summed E-state index contributed by atoms with van der Waals surface area (Å²) in [6.45, 7) is 8.28. The third kappa shape index (κ3) is 2.24. The molecule has 3 atom stereocenters. The zero-order valence-corrected chi connectivity index (χ0v) is 11.7. The summed E-state index contributed by atoms with van der Waals surface area (Å²) in [6, 6.07) is 4.45. The summed E-state index contributed by atoms with van der Waals surface area (Å²) in [6.07, 6.45) is 1.05. The number of carbonyl (C=O) groups is 1. The van der Waals surface area contributed by atoms with Gasteiger partial charge in [0.25, 0.3) is 0 Å². The third-order valence-electron chi connectivity index (χ3n) is 3.41. The van der Waals surface area contributed by atoms with Gasteiger partial charge >= 0.3 is 0 Å². The predicted molar refractivity (Wildman–Crippen MR) is 71.0 cm³/mol. The fraction of sp³-hybridized carbons (Fsp3) is 0.615. The molecule has 2 heterocycles. The Morgan fingerprint density at radius 3 is 2.76 bits per heavy atom. The topological polar surface area (TPSA) is 32.3 Å². The Bertz CT molecular complexity index is 415. The normalized spacial score (nSPS) is 26.6. The van der Waals surface area contributed by atoms with Gasteiger partial charge in [0.1, 0.15) is 6.17 Å². The summed E-state index contributed by atoms with van der Waals surface area (Å²) in [4.78, 5) is 16.7. The van der Waals surface area contributed by atoms with Gasteiger partial charge in [0.15, 0.2) is 0 Å². The summed E-state index contributed by atoms with van der Waals surface area (Å²) < 4.78 is 0. The van der Waals surface area contributed by atoms with Crippen LogP contribution < -0.4 is 5.32 Å². The Labute approximate surface area is 107 Å². The number of hydrogen-bond donors (Lipinski definition) is 1. The molecule has 0 aliphatic carbocycles. The molecular weight excluding hydrogens is 232 g/mol. The first-order valence-electron chi connectivity index (χ1n) is 6.19. The van der Waals surface area contributed by atoms with Crippen LogP contribution in [0.2, 0.25) is 0 Å². The Balaban J connectivity index is 2.29. The predicted octanol–water partition coefficient (Wildman–Crippen LogP) is 2.67. The molecule has 1 aliphatic heterocycles. The monoisotopic (exact) mass is 252 g/mol. The highest BCUT2D eigenvalue weighted by Crippen LogP contribution is 2.32. The van der Waals surface area contributed by atoms with Gasteiger partial charge in [-0.25, -0.2) is 0 Å². The van der Waals surface area contributed by atoms with Gasteiger partial charge in [0, 0.05) is 15.8 Å². The van der Waals surface area contributed by atoms with Crippen molar-refractivity contribution in [1.29, 1.82) is 0 Å². The number of thiophene rings is 1. The highest BCUT2D eigenvalue weighted by molar-refractivity contribution is 7.12. The van der Waals surface area contributed by atoms with Crippen molar-refractivity contribution in [1.82, 2.24) is 10.2 Å². The van der Waals surface area contributed by atoms with Gasteiger partial charge in [0.2, 0.25) is 5.91 Å². The van der Waals surface area contributed by atoms with Crippen LogP contribution in [0.25, 0.3) is 0 Å². The summed E-state index contributed by atoms with van der Waals surface area (Å²) in [5.41, 5.74) is 0. The van der Waals surface area contributed by atoms with Gasteiger partial charge in [-0.2, -0.15) is 0 Å². The average molecular weight is 252 g/mol. The number of carbonyl (C=O) groups excluding carboxylic acids is 1. The van der Waals surface area contributed by atoms with Crippen molar-refractivity contribution in [2.45, 2.75) is 52.4 Å². The van der Waals surface area contributed by atoms with Crippen molar-refractivity contribution in [2.75, 3.05) is 0 Å². The quantitative estimate of drug-likeness (QED) is 0.897. The lowest BCUT2D eigenvalue weighted by Crippen LogP contribution is -2.37. The zero-order chi connectivity index (χ0) is 12.6. The first-order chi connectivity index (χ1) is 8.04. The second-order valence-corrected chi connectivity index (χ2v) is 6.06. The number of aryl methyl sites for hydroxylation is 1. The minimum Gasteiger partial charge on any atom is -0.318 e. The van der Waals surface area contributed by atoms with Crippen LogP contribution in [0.5, 0.6) is 0 Å². The van der Waals surface area contributed by atoms with E-state index in [1.807, 2.05) is 11.8 Å². The van der Waals surface area contributed by atoms with Crippen LogP contribution in [0.15, 0.2) is 12.1 Å². The molecule has 1 aromatic heterocycles.